The molecule has 1 aromatic carbocycles. The second-order valence-corrected chi connectivity index (χ2v) is 6.63. The highest BCUT2D eigenvalue weighted by Crippen LogP contribution is 2.27. The van der Waals surface area contributed by atoms with Gasteiger partial charge >= 0.3 is 11.7 Å². The Bertz CT molecular complexity index is 730. The van der Waals surface area contributed by atoms with Gasteiger partial charge in [0.05, 0.1) is 0 Å². The first-order valence-corrected chi connectivity index (χ1v) is 8.88. The van der Waals surface area contributed by atoms with Crippen molar-refractivity contribution >= 4 is 37.9 Å². The van der Waals surface area contributed by atoms with Gasteiger partial charge in [0, 0.05) is 22.0 Å². The molecule has 0 spiro atoms. The Hall–Kier alpha value is -1.48. The molecule has 0 aliphatic carbocycles. The first kappa shape index (κ1) is 17.9. The van der Waals surface area contributed by atoms with Crippen LogP contribution in [0.1, 0.15) is 26.7 Å². The molecule has 0 radical (unpaired) electrons. The van der Waals surface area contributed by atoms with Crippen LogP contribution < -0.4 is 5.69 Å². The summed E-state index contributed by atoms with van der Waals surface area (Å²) in [6, 6.07) is 4.94. The molecule has 0 saturated carbocycles. The molecule has 0 aliphatic rings. The number of hydrogen-bond donors (Lipinski definition) is 0. The lowest BCUT2D eigenvalue weighted by atomic mass is 10.3. The summed E-state index contributed by atoms with van der Waals surface area (Å²) in [4.78, 5) is 26.7. The van der Waals surface area contributed by atoms with Gasteiger partial charge in [-0.1, -0.05) is 19.9 Å². The van der Waals surface area contributed by atoms with Crippen molar-refractivity contribution in [3.8, 4) is 5.69 Å². The molecule has 9 heteroatoms. The number of benzene rings is 1. The average molecular weight is 447 g/mol. The van der Waals surface area contributed by atoms with Gasteiger partial charge in [0.2, 0.25) is 0 Å². The van der Waals surface area contributed by atoms with Crippen molar-refractivity contribution in [1.29, 1.82) is 0 Å². The number of para-hydroxylation sites is 1. The Morgan fingerprint density at radius 3 is 2.22 bits per heavy atom. The maximum absolute atomic E-state index is 12.5. The van der Waals surface area contributed by atoms with Crippen LogP contribution in [0.5, 0.6) is 0 Å². The fraction of sp³-hybridized carbons (Fsp3) is 0.429. The molecule has 1 heterocycles. The summed E-state index contributed by atoms with van der Waals surface area (Å²) in [5.41, 5.74) is -0.0890. The number of halogens is 2. The predicted molar refractivity (Wildman–Crippen MR) is 94.0 cm³/mol. The maximum atomic E-state index is 12.5. The molecule has 1 amide bonds. The number of carbonyl (C=O) groups is 1. The standard InChI is InChI=1S/C14H17Br2N5O2/c1-3-8-19(9-4-2)13(22)21-14(23)20(17-18-21)12-10(15)6-5-7-11(12)16/h5-7H,3-4,8-9H2,1-2H3. The van der Waals surface area contributed by atoms with Crippen molar-refractivity contribution in [1.82, 2.24) is 24.7 Å². The molecule has 0 N–H and O–H groups in total. The summed E-state index contributed by atoms with van der Waals surface area (Å²) in [5, 5.41) is 7.58. The smallest absolute Gasteiger partial charge is 0.323 e. The van der Waals surface area contributed by atoms with Gasteiger partial charge in [0.25, 0.3) is 0 Å². The van der Waals surface area contributed by atoms with Crippen molar-refractivity contribution in [3.63, 3.8) is 0 Å². The zero-order valence-corrected chi connectivity index (χ0v) is 16.0. The molecule has 0 atom stereocenters. The number of amides is 1. The molecule has 0 aliphatic heterocycles. The van der Waals surface area contributed by atoms with Crippen LogP contribution in [0, 0.1) is 0 Å². The third kappa shape index (κ3) is 3.72. The number of carbonyl (C=O) groups excluding carboxylic acids is 1. The van der Waals surface area contributed by atoms with Crippen LogP contribution in [0.15, 0.2) is 31.9 Å². The van der Waals surface area contributed by atoms with Gasteiger partial charge in [0.15, 0.2) is 0 Å². The van der Waals surface area contributed by atoms with E-state index in [1.165, 1.54) is 0 Å². The van der Waals surface area contributed by atoms with Crippen LogP contribution in [0.3, 0.4) is 0 Å². The Morgan fingerprint density at radius 1 is 1.13 bits per heavy atom. The number of aromatic nitrogens is 4. The second-order valence-electron chi connectivity index (χ2n) is 4.92. The Morgan fingerprint density at radius 2 is 1.70 bits per heavy atom. The van der Waals surface area contributed by atoms with E-state index in [2.05, 4.69) is 42.3 Å². The van der Waals surface area contributed by atoms with E-state index in [0.29, 0.717) is 27.7 Å². The topological polar surface area (TPSA) is 73.0 Å². The van der Waals surface area contributed by atoms with Crippen molar-refractivity contribution < 1.29 is 4.79 Å². The van der Waals surface area contributed by atoms with Gasteiger partial charge in [-0.15, -0.1) is 4.68 Å². The van der Waals surface area contributed by atoms with E-state index in [4.69, 9.17) is 0 Å². The van der Waals surface area contributed by atoms with Crippen LogP contribution in [0.25, 0.3) is 5.69 Å². The third-order valence-corrected chi connectivity index (χ3v) is 4.45. The number of nitrogens with zero attached hydrogens (tertiary/aromatic N) is 5. The molecular formula is C14H17Br2N5O2. The molecule has 0 saturated heterocycles. The summed E-state index contributed by atoms with van der Waals surface area (Å²) in [6.45, 7) is 5.11. The van der Waals surface area contributed by atoms with E-state index in [-0.39, 0.29) is 0 Å². The average Bonchev–Trinajstić information content (AvgIpc) is 2.88. The van der Waals surface area contributed by atoms with Crippen LogP contribution in [0.4, 0.5) is 4.79 Å². The lowest BCUT2D eigenvalue weighted by molar-refractivity contribution is 0.194. The molecule has 0 fully saturated rings. The van der Waals surface area contributed by atoms with Crippen LogP contribution in [-0.4, -0.2) is 43.8 Å². The van der Waals surface area contributed by atoms with Gasteiger partial charge in [-0.3, -0.25) is 0 Å². The highest BCUT2D eigenvalue weighted by atomic mass is 79.9. The quantitative estimate of drug-likeness (QED) is 0.661. The maximum Gasteiger partial charge on any atom is 0.377 e. The molecule has 7 nitrogen and oxygen atoms in total. The fourth-order valence-electron chi connectivity index (χ4n) is 2.17. The van der Waals surface area contributed by atoms with E-state index in [1.807, 2.05) is 19.9 Å². The summed E-state index contributed by atoms with van der Waals surface area (Å²) < 4.78 is 3.25. The van der Waals surface area contributed by atoms with Crippen molar-refractivity contribution in [2.75, 3.05) is 13.1 Å². The molecular weight excluding hydrogens is 430 g/mol. The van der Waals surface area contributed by atoms with E-state index in [1.54, 1.807) is 17.0 Å². The Balaban J connectivity index is 2.43. The lowest BCUT2D eigenvalue weighted by Crippen LogP contribution is -2.41. The van der Waals surface area contributed by atoms with Gasteiger partial charge in [-0.05, 0) is 67.3 Å². The highest BCUT2D eigenvalue weighted by molar-refractivity contribution is 9.11. The zero-order chi connectivity index (χ0) is 17.0. The molecule has 23 heavy (non-hydrogen) atoms. The fourth-order valence-corrected chi connectivity index (χ4v) is 3.51. The van der Waals surface area contributed by atoms with Gasteiger partial charge in [-0.2, -0.15) is 4.68 Å². The minimum absolute atomic E-state index is 0.451. The monoisotopic (exact) mass is 445 g/mol. The predicted octanol–water partition coefficient (Wildman–Crippen LogP) is 3.04. The molecule has 0 unspecified atom stereocenters. The van der Waals surface area contributed by atoms with E-state index < -0.39 is 11.7 Å². The van der Waals surface area contributed by atoms with E-state index in [0.717, 1.165) is 22.2 Å². The minimum Gasteiger partial charge on any atom is -0.323 e. The molecule has 2 aromatic rings. The first-order valence-electron chi connectivity index (χ1n) is 7.29. The zero-order valence-electron chi connectivity index (χ0n) is 12.9. The molecule has 1 aromatic heterocycles. The minimum atomic E-state index is -0.597. The van der Waals surface area contributed by atoms with Gasteiger partial charge in [0.1, 0.15) is 5.69 Å². The van der Waals surface area contributed by atoms with Crippen LogP contribution in [0.2, 0.25) is 0 Å². The molecule has 0 bridgehead atoms. The first-order chi connectivity index (χ1) is 11.0. The lowest BCUT2D eigenvalue weighted by Gasteiger charge is -2.19. The van der Waals surface area contributed by atoms with Gasteiger partial charge < -0.3 is 4.90 Å². The van der Waals surface area contributed by atoms with E-state index in [9.17, 15) is 9.59 Å². The number of hydrogen-bond acceptors (Lipinski definition) is 4. The number of tetrazole rings is 1. The summed E-state index contributed by atoms with van der Waals surface area (Å²) in [5.74, 6) is 0. The molecule has 124 valence electrons. The van der Waals surface area contributed by atoms with Crippen molar-refractivity contribution in [2.24, 2.45) is 0 Å². The van der Waals surface area contributed by atoms with E-state index >= 15 is 0 Å². The third-order valence-electron chi connectivity index (χ3n) is 3.17. The van der Waals surface area contributed by atoms with Crippen molar-refractivity contribution in [3.05, 3.63) is 37.6 Å². The van der Waals surface area contributed by atoms with Crippen molar-refractivity contribution in [2.45, 2.75) is 26.7 Å². The SMILES string of the molecule is CCCN(CCC)C(=O)n1nnn(-c2c(Br)cccc2Br)c1=O. The van der Waals surface area contributed by atoms with Crippen LogP contribution in [-0.2, 0) is 0 Å². The molecule has 2 rings (SSSR count). The largest absolute Gasteiger partial charge is 0.377 e. The second kappa shape index (κ2) is 7.87. The summed E-state index contributed by atoms with van der Waals surface area (Å²) in [6.07, 6.45) is 1.62. The Kier molecular flexibility index (Phi) is 6.11. The summed E-state index contributed by atoms with van der Waals surface area (Å²) in [7, 11) is 0. The van der Waals surface area contributed by atoms with Gasteiger partial charge in [-0.25, -0.2) is 9.59 Å². The Labute approximate surface area is 150 Å². The van der Waals surface area contributed by atoms with Crippen LogP contribution >= 0.6 is 31.9 Å². The highest BCUT2D eigenvalue weighted by Gasteiger charge is 2.22. The summed E-state index contributed by atoms with van der Waals surface area (Å²) >= 11 is 6.76. The number of rotatable bonds is 5. The normalized spacial score (nSPS) is 10.8.